The van der Waals surface area contributed by atoms with E-state index in [0.29, 0.717) is 6.04 Å². The van der Waals surface area contributed by atoms with Crippen molar-refractivity contribution in [3.8, 4) is 0 Å². The van der Waals surface area contributed by atoms with Crippen molar-refractivity contribution >= 4 is 27.4 Å². The van der Waals surface area contributed by atoms with Gasteiger partial charge in [0, 0.05) is 36.4 Å². The SMILES string of the molecule is Cc1nc(N2CCC(n3cccc3)CC2)c2c3c(sc2n1)CCC3. The molecule has 3 aromatic heterocycles. The number of rotatable bonds is 2. The number of anilines is 1. The average Bonchev–Trinajstić information content (AvgIpc) is 3.31. The smallest absolute Gasteiger partial charge is 0.141 e. The van der Waals surface area contributed by atoms with Crippen molar-refractivity contribution in [1.29, 1.82) is 0 Å². The highest BCUT2D eigenvalue weighted by Crippen LogP contribution is 2.41. The van der Waals surface area contributed by atoms with Crippen molar-refractivity contribution in [3.05, 3.63) is 40.8 Å². The molecule has 2 aliphatic rings. The summed E-state index contributed by atoms with van der Waals surface area (Å²) in [7, 11) is 0. The molecule has 0 aromatic carbocycles. The van der Waals surface area contributed by atoms with Crippen LogP contribution in [0.2, 0.25) is 0 Å². The lowest BCUT2D eigenvalue weighted by Crippen LogP contribution is -2.35. The molecule has 124 valence electrons. The zero-order valence-electron chi connectivity index (χ0n) is 14.0. The predicted molar refractivity (Wildman–Crippen MR) is 99.1 cm³/mol. The summed E-state index contributed by atoms with van der Waals surface area (Å²) in [6.45, 7) is 4.19. The standard InChI is InChI=1S/C19H22N4S/c1-13-20-18(17-15-5-4-6-16(15)24-19(17)21-13)23-11-7-14(8-12-23)22-9-2-3-10-22/h2-3,9-10,14H,4-8,11-12H2,1H3. The van der Waals surface area contributed by atoms with E-state index in [2.05, 4.69) is 34.0 Å². The third kappa shape index (κ3) is 2.25. The number of hydrogen-bond donors (Lipinski definition) is 0. The minimum atomic E-state index is 0.628. The van der Waals surface area contributed by atoms with Crippen LogP contribution in [0.15, 0.2) is 24.5 Å². The van der Waals surface area contributed by atoms with E-state index in [-0.39, 0.29) is 0 Å². The molecule has 1 aliphatic carbocycles. The molecule has 5 rings (SSSR count). The summed E-state index contributed by atoms with van der Waals surface area (Å²) in [6, 6.07) is 4.87. The second-order valence-electron chi connectivity index (χ2n) is 6.98. The van der Waals surface area contributed by atoms with Crippen molar-refractivity contribution < 1.29 is 0 Å². The molecule has 1 saturated heterocycles. The fraction of sp³-hybridized carbons (Fsp3) is 0.474. The van der Waals surface area contributed by atoms with Crippen LogP contribution in [0.5, 0.6) is 0 Å². The molecule has 24 heavy (non-hydrogen) atoms. The molecule has 0 radical (unpaired) electrons. The molecule has 0 unspecified atom stereocenters. The van der Waals surface area contributed by atoms with Gasteiger partial charge in [-0.05, 0) is 56.7 Å². The van der Waals surface area contributed by atoms with Crippen molar-refractivity contribution in [1.82, 2.24) is 14.5 Å². The lowest BCUT2D eigenvalue weighted by Gasteiger charge is -2.34. The van der Waals surface area contributed by atoms with Gasteiger partial charge in [0.25, 0.3) is 0 Å². The van der Waals surface area contributed by atoms with Gasteiger partial charge in [0.15, 0.2) is 0 Å². The van der Waals surface area contributed by atoms with E-state index < -0.39 is 0 Å². The molecular weight excluding hydrogens is 316 g/mol. The number of aryl methyl sites for hydroxylation is 3. The van der Waals surface area contributed by atoms with Crippen LogP contribution in [-0.2, 0) is 12.8 Å². The summed E-state index contributed by atoms with van der Waals surface area (Å²) < 4.78 is 2.36. The van der Waals surface area contributed by atoms with E-state index >= 15 is 0 Å². The van der Waals surface area contributed by atoms with E-state index in [1.165, 1.54) is 53.7 Å². The maximum atomic E-state index is 4.88. The fourth-order valence-corrected chi connectivity index (χ4v) is 5.58. The monoisotopic (exact) mass is 338 g/mol. The Morgan fingerprint density at radius 1 is 1.08 bits per heavy atom. The first kappa shape index (κ1) is 14.5. The van der Waals surface area contributed by atoms with Gasteiger partial charge >= 0.3 is 0 Å². The number of nitrogens with zero attached hydrogens (tertiary/aromatic N) is 4. The van der Waals surface area contributed by atoms with E-state index in [1.54, 1.807) is 4.88 Å². The molecular formula is C19H22N4S. The summed E-state index contributed by atoms with van der Waals surface area (Å²) in [5.74, 6) is 2.10. The predicted octanol–water partition coefficient (Wildman–Crippen LogP) is 4.13. The molecule has 3 aromatic rings. The molecule has 1 aliphatic heterocycles. The van der Waals surface area contributed by atoms with Gasteiger partial charge in [-0.1, -0.05) is 0 Å². The Kier molecular flexibility index (Phi) is 3.37. The molecule has 0 saturated carbocycles. The molecule has 1 fully saturated rings. The minimum Gasteiger partial charge on any atom is -0.356 e. The quantitative estimate of drug-likeness (QED) is 0.704. The number of fused-ring (bicyclic) bond motifs is 3. The zero-order valence-corrected chi connectivity index (χ0v) is 14.9. The first-order valence-electron chi connectivity index (χ1n) is 8.96. The summed E-state index contributed by atoms with van der Waals surface area (Å²) in [5, 5.41) is 1.36. The third-order valence-electron chi connectivity index (χ3n) is 5.47. The van der Waals surface area contributed by atoms with Crippen molar-refractivity contribution in [3.63, 3.8) is 0 Å². The van der Waals surface area contributed by atoms with Gasteiger partial charge in [0.1, 0.15) is 16.5 Å². The van der Waals surface area contributed by atoms with Crippen LogP contribution in [0.25, 0.3) is 10.2 Å². The summed E-state index contributed by atoms with van der Waals surface area (Å²) in [5.41, 5.74) is 1.54. The molecule has 0 N–H and O–H groups in total. The van der Waals surface area contributed by atoms with E-state index in [1.807, 2.05) is 18.3 Å². The highest BCUT2D eigenvalue weighted by Gasteiger charge is 2.27. The topological polar surface area (TPSA) is 34.0 Å². The molecule has 5 heteroatoms. The Bertz CT molecular complexity index is 873. The second-order valence-corrected chi connectivity index (χ2v) is 8.06. The number of piperidine rings is 1. The van der Waals surface area contributed by atoms with E-state index in [4.69, 9.17) is 9.97 Å². The van der Waals surface area contributed by atoms with Crippen molar-refractivity contribution in [2.75, 3.05) is 18.0 Å². The van der Waals surface area contributed by atoms with Crippen molar-refractivity contribution in [2.45, 2.75) is 45.1 Å². The Morgan fingerprint density at radius 2 is 1.88 bits per heavy atom. The van der Waals surface area contributed by atoms with Gasteiger partial charge in [0.05, 0.1) is 5.39 Å². The Morgan fingerprint density at radius 3 is 2.67 bits per heavy atom. The Balaban J connectivity index is 1.49. The average molecular weight is 338 g/mol. The van der Waals surface area contributed by atoms with Crippen LogP contribution in [0, 0.1) is 6.92 Å². The molecule has 0 amide bonds. The molecule has 0 atom stereocenters. The van der Waals surface area contributed by atoms with E-state index in [9.17, 15) is 0 Å². The lowest BCUT2D eigenvalue weighted by molar-refractivity contribution is 0.396. The van der Waals surface area contributed by atoms with Gasteiger partial charge in [-0.3, -0.25) is 0 Å². The van der Waals surface area contributed by atoms with Crippen LogP contribution in [0.1, 0.15) is 41.6 Å². The third-order valence-corrected chi connectivity index (χ3v) is 6.66. The number of aromatic nitrogens is 3. The number of thiophene rings is 1. The van der Waals surface area contributed by atoms with Crippen LogP contribution < -0.4 is 4.90 Å². The second kappa shape index (κ2) is 5.59. The summed E-state index contributed by atoms with van der Waals surface area (Å²) in [4.78, 5) is 14.9. The lowest BCUT2D eigenvalue weighted by atomic mass is 10.0. The highest BCUT2D eigenvalue weighted by atomic mass is 32.1. The van der Waals surface area contributed by atoms with Crippen LogP contribution in [-0.4, -0.2) is 27.6 Å². The van der Waals surface area contributed by atoms with Crippen LogP contribution in [0.4, 0.5) is 5.82 Å². The first-order valence-corrected chi connectivity index (χ1v) is 9.77. The van der Waals surface area contributed by atoms with E-state index in [0.717, 1.165) is 18.9 Å². The largest absolute Gasteiger partial charge is 0.356 e. The molecule has 0 bridgehead atoms. The summed E-state index contributed by atoms with van der Waals surface area (Å²) >= 11 is 1.90. The van der Waals surface area contributed by atoms with Crippen LogP contribution >= 0.6 is 11.3 Å². The normalized spacial score (nSPS) is 18.5. The van der Waals surface area contributed by atoms with Gasteiger partial charge in [0.2, 0.25) is 0 Å². The first-order chi connectivity index (χ1) is 11.8. The minimum absolute atomic E-state index is 0.628. The van der Waals surface area contributed by atoms with Gasteiger partial charge in [-0.2, -0.15) is 0 Å². The van der Waals surface area contributed by atoms with Gasteiger partial charge in [-0.15, -0.1) is 11.3 Å². The summed E-state index contributed by atoms with van der Waals surface area (Å²) in [6.07, 6.45) is 10.5. The Labute approximate surface area is 146 Å². The fourth-order valence-electron chi connectivity index (χ4n) is 4.28. The highest BCUT2D eigenvalue weighted by molar-refractivity contribution is 7.19. The van der Waals surface area contributed by atoms with Crippen molar-refractivity contribution in [2.24, 2.45) is 0 Å². The molecule has 4 heterocycles. The zero-order chi connectivity index (χ0) is 16.1. The number of hydrogen-bond acceptors (Lipinski definition) is 4. The van der Waals surface area contributed by atoms with Gasteiger partial charge < -0.3 is 9.47 Å². The van der Waals surface area contributed by atoms with Gasteiger partial charge in [-0.25, -0.2) is 9.97 Å². The molecule has 0 spiro atoms. The maximum absolute atomic E-state index is 4.88. The van der Waals surface area contributed by atoms with Crippen LogP contribution in [0.3, 0.4) is 0 Å². The Hall–Kier alpha value is -1.88. The molecule has 4 nitrogen and oxygen atoms in total. The maximum Gasteiger partial charge on any atom is 0.141 e.